The molecule has 0 saturated heterocycles. The lowest BCUT2D eigenvalue weighted by Gasteiger charge is -2.20. The summed E-state index contributed by atoms with van der Waals surface area (Å²) in [4.78, 5) is 0. The maximum atomic E-state index is 6.46. The number of benzene rings is 2. The fourth-order valence-electron chi connectivity index (χ4n) is 2.47. The molecule has 0 amide bonds. The van der Waals surface area contributed by atoms with Crippen LogP contribution in [0.3, 0.4) is 0 Å². The molecule has 0 spiro atoms. The summed E-state index contributed by atoms with van der Waals surface area (Å²) in [6.45, 7) is 0. The first-order valence-corrected chi connectivity index (χ1v) is 8.34. The fraction of sp³-hybridized carbons (Fsp3) is 0.125. The molecule has 20 heavy (non-hydrogen) atoms. The highest BCUT2D eigenvalue weighted by Gasteiger charge is 2.19. The summed E-state index contributed by atoms with van der Waals surface area (Å²) in [5, 5.41) is 7.56. The van der Waals surface area contributed by atoms with Gasteiger partial charge in [0.15, 0.2) is 0 Å². The minimum absolute atomic E-state index is 0.0855. The zero-order valence-corrected chi connectivity index (χ0v) is 14.0. The van der Waals surface area contributed by atoms with E-state index in [9.17, 15) is 0 Å². The summed E-state index contributed by atoms with van der Waals surface area (Å²) >= 11 is 11.7. The first-order chi connectivity index (χ1) is 9.72. The predicted octanol–water partition coefficient (Wildman–Crippen LogP) is 5.63. The zero-order valence-electron chi connectivity index (χ0n) is 10.9. The molecule has 0 fully saturated rings. The Morgan fingerprint density at radius 2 is 1.85 bits per heavy atom. The van der Waals surface area contributed by atoms with Crippen molar-refractivity contribution in [3.63, 3.8) is 0 Å². The zero-order chi connectivity index (χ0) is 14.1. The van der Waals surface area contributed by atoms with Gasteiger partial charge in [0.25, 0.3) is 0 Å². The fourth-order valence-corrected chi connectivity index (χ4v) is 4.03. The number of nitrogens with one attached hydrogen (secondary N) is 1. The highest BCUT2D eigenvalue weighted by atomic mass is 79.9. The van der Waals surface area contributed by atoms with Gasteiger partial charge in [0.05, 0.1) is 11.1 Å². The van der Waals surface area contributed by atoms with Gasteiger partial charge in [0.1, 0.15) is 0 Å². The van der Waals surface area contributed by atoms with Crippen molar-refractivity contribution in [3.05, 3.63) is 68.5 Å². The molecule has 0 aliphatic heterocycles. The lowest BCUT2D eigenvalue weighted by molar-refractivity contribution is 0.697. The van der Waals surface area contributed by atoms with Gasteiger partial charge >= 0.3 is 0 Å². The van der Waals surface area contributed by atoms with E-state index in [1.54, 1.807) is 11.3 Å². The van der Waals surface area contributed by atoms with E-state index in [0.29, 0.717) is 0 Å². The van der Waals surface area contributed by atoms with Crippen molar-refractivity contribution in [2.24, 2.45) is 0 Å². The van der Waals surface area contributed by atoms with E-state index in [-0.39, 0.29) is 6.04 Å². The second-order valence-electron chi connectivity index (χ2n) is 4.55. The average Bonchev–Trinajstić information content (AvgIpc) is 2.93. The van der Waals surface area contributed by atoms with Gasteiger partial charge in [0, 0.05) is 9.17 Å². The third-order valence-corrected chi connectivity index (χ3v) is 5.69. The number of fused-ring (bicyclic) bond motifs is 1. The second-order valence-corrected chi connectivity index (χ2v) is 6.70. The van der Waals surface area contributed by atoms with Crippen molar-refractivity contribution in [2.75, 3.05) is 7.05 Å². The van der Waals surface area contributed by atoms with Crippen LogP contribution in [0.25, 0.3) is 10.1 Å². The molecule has 2 aromatic carbocycles. The Bertz CT molecular complexity index is 753. The lowest BCUT2D eigenvalue weighted by Crippen LogP contribution is -2.18. The van der Waals surface area contributed by atoms with Crippen LogP contribution in [-0.2, 0) is 0 Å². The molecule has 0 saturated carbocycles. The van der Waals surface area contributed by atoms with Gasteiger partial charge in [-0.1, -0.05) is 41.9 Å². The van der Waals surface area contributed by atoms with Gasteiger partial charge in [-0.15, -0.1) is 11.3 Å². The van der Waals surface area contributed by atoms with Crippen LogP contribution in [0.2, 0.25) is 5.02 Å². The Labute approximate surface area is 135 Å². The number of rotatable bonds is 3. The highest BCUT2D eigenvalue weighted by molar-refractivity contribution is 9.10. The summed E-state index contributed by atoms with van der Waals surface area (Å²) in [5.41, 5.74) is 2.35. The van der Waals surface area contributed by atoms with E-state index in [2.05, 4.69) is 57.0 Å². The first kappa shape index (κ1) is 14.1. The average molecular weight is 367 g/mol. The topological polar surface area (TPSA) is 12.0 Å². The van der Waals surface area contributed by atoms with Gasteiger partial charge < -0.3 is 5.32 Å². The van der Waals surface area contributed by atoms with Crippen molar-refractivity contribution >= 4 is 49.0 Å². The van der Waals surface area contributed by atoms with Crippen molar-refractivity contribution in [3.8, 4) is 0 Å². The monoisotopic (exact) mass is 365 g/mol. The van der Waals surface area contributed by atoms with E-state index in [4.69, 9.17) is 11.6 Å². The van der Waals surface area contributed by atoms with E-state index in [0.717, 1.165) is 15.1 Å². The molecule has 0 radical (unpaired) electrons. The van der Waals surface area contributed by atoms with E-state index in [1.807, 2.05) is 19.2 Å². The van der Waals surface area contributed by atoms with Crippen LogP contribution in [0, 0.1) is 0 Å². The maximum absolute atomic E-state index is 6.46. The number of hydrogen-bond acceptors (Lipinski definition) is 2. The van der Waals surface area contributed by atoms with Crippen LogP contribution in [0.5, 0.6) is 0 Å². The number of hydrogen-bond donors (Lipinski definition) is 1. The Balaban J connectivity index is 2.19. The Kier molecular flexibility index (Phi) is 4.13. The van der Waals surface area contributed by atoms with Crippen molar-refractivity contribution < 1.29 is 0 Å². The molecule has 3 rings (SSSR count). The summed E-state index contributed by atoms with van der Waals surface area (Å²) in [5.74, 6) is 0. The van der Waals surface area contributed by atoms with Gasteiger partial charge in [-0.25, -0.2) is 0 Å². The molecule has 1 atom stereocenters. The molecule has 0 aliphatic rings. The summed E-state index contributed by atoms with van der Waals surface area (Å²) in [7, 11) is 1.97. The molecular weight excluding hydrogens is 354 g/mol. The van der Waals surface area contributed by atoms with E-state index < -0.39 is 0 Å². The van der Waals surface area contributed by atoms with Crippen LogP contribution in [-0.4, -0.2) is 7.05 Å². The van der Waals surface area contributed by atoms with Gasteiger partial charge in [-0.3, -0.25) is 0 Å². The molecule has 4 heteroatoms. The molecule has 102 valence electrons. The SMILES string of the molecule is CNC(c1cccc(Br)c1Cl)c1cccc2ccsc12. The molecule has 1 heterocycles. The lowest BCUT2D eigenvalue weighted by atomic mass is 9.98. The van der Waals surface area contributed by atoms with Crippen LogP contribution >= 0.6 is 38.9 Å². The first-order valence-electron chi connectivity index (χ1n) is 6.29. The highest BCUT2D eigenvalue weighted by Crippen LogP contribution is 2.37. The molecule has 3 aromatic rings. The van der Waals surface area contributed by atoms with Crippen LogP contribution in [0.15, 0.2) is 52.3 Å². The smallest absolute Gasteiger partial charge is 0.0603 e. The van der Waals surface area contributed by atoms with Gasteiger partial charge in [0.2, 0.25) is 0 Å². The molecule has 1 nitrogen and oxygen atoms in total. The van der Waals surface area contributed by atoms with E-state index >= 15 is 0 Å². The van der Waals surface area contributed by atoms with Crippen molar-refractivity contribution in [1.29, 1.82) is 0 Å². The Morgan fingerprint density at radius 1 is 1.10 bits per heavy atom. The summed E-state index contributed by atoms with van der Waals surface area (Å²) < 4.78 is 2.23. The van der Waals surface area contributed by atoms with Crippen LogP contribution in [0.4, 0.5) is 0 Å². The number of halogens is 2. The standard InChI is InChI=1S/C16H13BrClNS/c1-19-15(11-5-3-7-13(17)14(11)18)12-6-2-4-10-8-9-20-16(10)12/h2-9,15,19H,1H3. The summed E-state index contributed by atoms with van der Waals surface area (Å²) in [6.07, 6.45) is 0. The molecule has 1 unspecified atom stereocenters. The third kappa shape index (κ3) is 2.40. The Hall–Kier alpha value is -0.870. The van der Waals surface area contributed by atoms with Gasteiger partial charge in [-0.2, -0.15) is 0 Å². The summed E-state index contributed by atoms with van der Waals surface area (Å²) in [6, 6.07) is 14.7. The van der Waals surface area contributed by atoms with Gasteiger partial charge in [-0.05, 0) is 57.0 Å². The second kappa shape index (κ2) is 5.86. The quantitative estimate of drug-likeness (QED) is 0.634. The molecule has 1 N–H and O–H groups in total. The molecule has 0 bridgehead atoms. The third-order valence-electron chi connectivity index (χ3n) is 3.40. The minimum Gasteiger partial charge on any atom is -0.309 e. The molecule has 1 aromatic heterocycles. The van der Waals surface area contributed by atoms with Crippen LogP contribution in [0.1, 0.15) is 17.2 Å². The molecule has 0 aliphatic carbocycles. The van der Waals surface area contributed by atoms with Crippen molar-refractivity contribution in [1.82, 2.24) is 5.32 Å². The van der Waals surface area contributed by atoms with Crippen LogP contribution < -0.4 is 5.32 Å². The normalized spacial score (nSPS) is 12.8. The maximum Gasteiger partial charge on any atom is 0.0603 e. The molecular formula is C16H13BrClNS. The number of thiophene rings is 1. The minimum atomic E-state index is 0.0855. The van der Waals surface area contributed by atoms with E-state index in [1.165, 1.54) is 15.6 Å². The van der Waals surface area contributed by atoms with Crippen molar-refractivity contribution in [2.45, 2.75) is 6.04 Å². The largest absolute Gasteiger partial charge is 0.309 e. The Morgan fingerprint density at radius 3 is 2.65 bits per heavy atom. The predicted molar refractivity (Wildman–Crippen MR) is 91.9 cm³/mol.